The first kappa shape index (κ1) is 16.5. The van der Waals surface area contributed by atoms with Gasteiger partial charge < -0.3 is 19.1 Å². The summed E-state index contributed by atoms with van der Waals surface area (Å²) in [6.07, 6.45) is 0. The summed E-state index contributed by atoms with van der Waals surface area (Å²) < 4.78 is 16.1. The van der Waals surface area contributed by atoms with Crippen LogP contribution in [0.4, 0.5) is 5.69 Å². The number of amides is 1. The van der Waals surface area contributed by atoms with E-state index in [1.165, 1.54) is 0 Å². The molecule has 0 aromatic heterocycles. The van der Waals surface area contributed by atoms with E-state index >= 15 is 0 Å². The van der Waals surface area contributed by atoms with Gasteiger partial charge in [0, 0.05) is 30.5 Å². The molecule has 1 amide bonds. The molecule has 3 rings (SSSR count). The van der Waals surface area contributed by atoms with Crippen LogP contribution in [0.3, 0.4) is 0 Å². The van der Waals surface area contributed by atoms with E-state index in [1.807, 2.05) is 36.4 Å². The molecule has 0 saturated carbocycles. The molecule has 0 saturated heterocycles. The third-order valence-electron chi connectivity index (χ3n) is 4.09. The Hall–Kier alpha value is -2.37. The minimum atomic E-state index is -0.0455. The zero-order valence-electron chi connectivity index (χ0n) is 14.0. The Morgan fingerprint density at radius 2 is 1.96 bits per heavy atom. The summed E-state index contributed by atoms with van der Waals surface area (Å²) in [5.41, 5.74) is 3.92. The number of benzene rings is 2. The molecule has 2 aromatic carbocycles. The van der Waals surface area contributed by atoms with Gasteiger partial charge in [0.1, 0.15) is 12.4 Å². The van der Waals surface area contributed by atoms with E-state index < -0.39 is 0 Å². The summed E-state index contributed by atoms with van der Waals surface area (Å²) in [5.74, 6) is 0.773. The number of rotatable bonds is 5. The molecule has 5 nitrogen and oxygen atoms in total. The lowest BCUT2D eigenvalue weighted by atomic mass is 10.0. The average molecular weight is 327 g/mol. The van der Waals surface area contributed by atoms with Crippen molar-refractivity contribution in [1.82, 2.24) is 0 Å². The van der Waals surface area contributed by atoms with E-state index in [2.05, 4.69) is 6.07 Å². The Balaban J connectivity index is 2.00. The number of nitrogens with zero attached hydrogens (tertiary/aromatic N) is 1. The molecule has 0 bridgehead atoms. The van der Waals surface area contributed by atoms with Gasteiger partial charge >= 0.3 is 0 Å². The Kier molecular flexibility index (Phi) is 5.13. The number of fused-ring (bicyclic) bond motifs is 1. The number of para-hydroxylation sites is 1. The van der Waals surface area contributed by atoms with Crippen molar-refractivity contribution in [3.63, 3.8) is 0 Å². The lowest BCUT2D eigenvalue weighted by molar-refractivity contribution is -0.123. The van der Waals surface area contributed by atoms with Crippen LogP contribution < -0.4 is 9.64 Å². The molecule has 5 heteroatoms. The molecule has 0 fully saturated rings. The molecule has 126 valence electrons. The van der Waals surface area contributed by atoms with Crippen molar-refractivity contribution in [3.05, 3.63) is 48.0 Å². The van der Waals surface area contributed by atoms with E-state index in [0.29, 0.717) is 19.8 Å². The highest BCUT2D eigenvalue weighted by Gasteiger charge is 2.23. The summed E-state index contributed by atoms with van der Waals surface area (Å²) in [6.45, 7) is 1.50. The first-order valence-electron chi connectivity index (χ1n) is 7.88. The van der Waals surface area contributed by atoms with Crippen molar-refractivity contribution in [2.45, 2.75) is 6.61 Å². The lowest BCUT2D eigenvalue weighted by Crippen LogP contribution is -2.35. The van der Waals surface area contributed by atoms with Crippen LogP contribution in [0.5, 0.6) is 5.75 Å². The van der Waals surface area contributed by atoms with Crippen LogP contribution in [0.1, 0.15) is 5.56 Å². The van der Waals surface area contributed by atoms with Gasteiger partial charge in [-0.15, -0.1) is 0 Å². The number of anilines is 1. The smallest absolute Gasteiger partial charge is 0.253 e. The normalized spacial score (nSPS) is 14.2. The highest BCUT2D eigenvalue weighted by Crippen LogP contribution is 2.34. The van der Waals surface area contributed by atoms with Crippen molar-refractivity contribution in [2.24, 2.45) is 0 Å². The molecule has 0 aliphatic carbocycles. The van der Waals surface area contributed by atoms with Crippen LogP contribution in [-0.2, 0) is 20.9 Å². The third-order valence-corrected chi connectivity index (χ3v) is 4.09. The largest absolute Gasteiger partial charge is 0.496 e. The maximum atomic E-state index is 12.3. The van der Waals surface area contributed by atoms with E-state index in [0.717, 1.165) is 28.1 Å². The van der Waals surface area contributed by atoms with Crippen LogP contribution >= 0.6 is 0 Å². The number of carbonyl (C=O) groups excluding carboxylic acids is 1. The standard InChI is InChI=1S/C19H21NO4/c1-22-10-9-20-17-8-7-14(11-15(17)12-24-13-19(20)21)16-5-3-4-6-18(16)23-2/h3-8,11H,9-10,12-13H2,1-2H3. The Morgan fingerprint density at radius 1 is 1.12 bits per heavy atom. The van der Waals surface area contributed by atoms with Gasteiger partial charge in [0.25, 0.3) is 5.91 Å². The van der Waals surface area contributed by atoms with Gasteiger partial charge in [-0.3, -0.25) is 4.79 Å². The lowest BCUT2D eigenvalue weighted by Gasteiger charge is -2.22. The number of methoxy groups -OCH3 is 2. The van der Waals surface area contributed by atoms with Gasteiger partial charge in [0.15, 0.2) is 0 Å². The van der Waals surface area contributed by atoms with E-state index in [9.17, 15) is 4.79 Å². The molecule has 0 atom stereocenters. The maximum absolute atomic E-state index is 12.3. The molecule has 1 aliphatic heterocycles. The second-order valence-electron chi connectivity index (χ2n) is 5.57. The summed E-state index contributed by atoms with van der Waals surface area (Å²) >= 11 is 0. The second-order valence-corrected chi connectivity index (χ2v) is 5.57. The van der Waals surface area contributed by atoms with Crippen molar-refractivity contribution in [2.75, 3.05) is 38.9 Å². The van der Waals surface area contributed by atoms with Crippen LogP contribution in [0.15, 0.2) is 42.5 Å². The Morgan fingerprint density at radius 3 is 2.75 bits per heavy atom. The minimum absolute atomic E-state index is 0.0455. The zero-order valence-corrected chi connectivity index (χ0v) is 14.0. The quantitative estimate of drug-likeness (QED) is 0.847. The molecule has 0 radical (unpaired) electrons. The number of hydrogen-bond acceptors (Lipinski definition) is 4. The molecular formula is C19H21NO4. The average Bonchev–Trinajstić information content (AvgIpc) is 2.77. The fourth-order valence-corrected chi connectivity index (χ4v) is 2.90. The predicted molar refractivity (Wildman–Crippen MR) is 92.3 cm³/mol. The zero-order chi connectivity index (χ0) is 16.9. The fourth-order valence-electron chi connectivity index (χ4n) is 2.90. The van der Waals surface area contributed by atoms with Gasteiger partial charge in [0.05, 0.1) is 20.3 Å². The minimum Gasteiger partial charge on any atom is -0.496 e. The molecule has 1 aliphatic rings. The summed E-state index contributed by atoms with van der Waals surface area (Å²) in [6, 6.07) is 13.9. The summed E-state index contributed by atoms with van der Waals surface area (Å²) in [5, 5.41) is 0. The predicted octanol–water partition coefficient (Wildman–Crippen LogP) is 2.87. The molecule has 0 unspecified atom stereocenters. The topological polar surface area (TPSA) is 48.0 Å². The van der Waals surface area contributed by atoms with E-state index in [-0.39, 0.29) is 12.5 Å². The highest BCUT2D eigenvalue weighted by atomic mass is 16.5. The van der Waals surface area contributed by atoms with Crippen LogP contribution in [-0.4, -0.2) is 39.9 Å². The first-order chi connectivity index (χ1) is 11.7. The Labute approximate surface area is 141 Å². The molecule has 1 heterocycles. The van der Waals surface area contributed by atoms with Gasteiger partial charge in [-0.05, 0) is 23.8 Å². The molecule has 2 aromatic rings. The fraction of sp³-hybridized carbons (Fsp3) is 0.316. The molecule has 24 heavy (non-hydrogen) atoms. The van der Waals surface area contributed by atoms with Crippen molar-refractivity contribution >= 4 is 11.6 Å². The monoisotopic (exact) mass is 327 g/mol. The van der Waals surface area contributed by atoms with Gasteiger partial charge in [0.2, 0.25) is 0 Å². The molecular weight excluding hydrogens is 306 g/mol. The second kappa shape index (κ2) is 7.47. The Bertz CT molecular complexity index is 729. The van der Waals surface area contributed by atoms with Crippen LogP contribution in [0.25, 0.3) is 11.1 Å². The highest BCUT2D eigenvalue weighted by molar-refractivity contribution is 5.96. The van der Waals surface area contributed by atoms with E-state index in [4.69, 9.17) is 14.2 Å². The molecule has 0 spiro atoms. The first-order valence-corrected chi connectivity index (χ1v) is 7.88. The SMILES string of the molecule is COCCN1C(=O)COCc2cc(-c3ccccc3OC)ccc21. The van der Waals surface area contributed by atoms with Crippen molar-refractivity contribution in [3.8, 4) is 16.9 Å². The third kappa shape index (κ3) is 3.27. The number of carbonyl (C=O) groups is 1. The number of ether oxygens (including phenoxy) is 3. The van der Waals surface area contributed by atoms with Gasteiger partial charge in [-0.2, -0.15) is 0 Å². The van der Waals surface area contributed by atoms with Crippen LogP contribution in [0.2, 0.25) is 0 Å². The van der Waals surface area contributed by atoms with Gasteiger partial charge in [-0.1, -0.05) is 24.3 Å². The number of hydrogen-bond donors (Lipinski definition) is 0. The van der Waals surface area contributed by atoms with Crippen LogP contribution in [0, 0.1) is 0 Å². The molecule has 0 N–H and O–H groups in total. The van der Waals surface area contributed by atoms with Gasteiger partial charge in [-0.25, -0.2) is 0 Å². The summed E-state index contributed by atoms with van der Waals surface area (Å²) in [4.78, 5) is 14.0. The van der Waals surface area contributed by atoms with Crippen molar-refractivity contribution < 1.29 is 19.0 Å². The maximum Gasteiger partial charge on any atom is 0.253 e. The summed E-state index contributed by atoms with van der Waals surface area (Å²) in [7, 11) is 3.29. The van der Waals surface area contributed by atoms with E-state index in [1.54, 1.807) is 19.1 Å². The van der Waals surface area contributed by atoms with Crippen molar-refractivity contribution in [1.29, 1.82) is 0 Å².